The number of hydrogen-bond donors (Lipinski definition) is 0. The van der Waals surface area contributed by atoms with E-state index in [1.54, 1.807) is 22.8 Å². The van der Waals surface area contributed by atoms with Crippen LogP contribution in [0.3, 0.4) is 0 Å². The van der Waals surface area contributed by atoms with E-state index in [0.29, 0.717) is 61.1 Å². The summed E-state index contributed by atoms with van der Waals surface area (Å²) in [6.07, 6.45) is 4.05. The molecular formula is C26H30N2O5. The van der Waals surface area contributed by atoms with E-state index in [2.05, 4.69) is 0 Å². The van der Waals surface area contributed by atoms with Gasteiger partial charge in [0.05, 0.1) is 36.7 Å². The molecule has 0 amide bonds. The van der Waals surface area contributed by atoms with E-state index >= 15 is 0 Å². The van der Waals surface area contributed by atoms with E-state index in [0.717, 1.165) is 18.4 Å². The zero-order chi connectivity index (χ0) is 23.6. The minimum atomic E-state index is -0.477. The first kappa shape index (κ1) is 24.2. The Bertz CT molecular complexity index is 1150. The zero-order valence-electron chi connectivity index (χ0n) is 19.2. The molecule has 0 aliphatic heterocycles. The molecule has 3 aromatic rings. The van der Waals surface area contributed by atoms with Crippen molar-refractivity contribution in [2.75, 3.05) is 13.7 Å². The highest BCUT2D eigenvalue weighted by molar-refractivity contribution is 5.94. The highest BCUT2D eigenvalue weighted by Crippen LogP contribution is 2.15. The molecule has 0 aliphatic rings. The van der Waals surface area contributed by atoms with Crippen molar-refractivity contribution in [2.24, 2.45) is 0 Å². The topological polar surface area (TPSA) is 87.5 Å². The van der Waals surface area contributed by atoms with Gasteiger partial charge < -0.3 is 9.47 Å². The van der Waals surface area contributed by atoms with Gasteiger partial charge in [0.2, 0.25) is 0 Å². The molecular weight excluding hydrogens is 420 g/mol. The van der Waals surface area contributed by atoms with Gasteiger partial charge in [-0.25, -0.2) is 9.78 Å². The van der Waals surface area contributed by atoms with Gasteiger partial charge in [-0.05, 0) is 43.0 Å². The van der Waals surface area contributed by atoms with Gasteiger partial charge in [-0.2, -0.15) is 0 Å². The fourth-order valence-corrected chi connectivity index (χ4v) is 3.59. The average molecular weight is 451 g/mol. The monoisotopic (exact) mass is 450 g/mol. The number of fused-ring (bicyclic) bond motifs is 1. The van der Waals surface area contributed by atoms with Crippen LogP contribution in [-0.4, -0.2) is 35.2 Å². The standard InChI is InChI=1S/C26H30N2O5/c1-3-4-16-33-24(29)13-9-8-12-23-27-22-17-20(26(31)32-2)14-15-21(22)25(30)28(23)18-19-10-6-5-7-11-19/h5-7,10-11,14-15,17H,3-4,8-9,12-13,16,18H2,1-2H3. The van der Waals surface area contributed by atoms with Crippen LogP contribution in [0, 0.1) is 0 Å². The van der Waals surface area contributed by atoms with Crippen LogP contribution in [0.5, 0.6) is 0 Å². The maximum Gasteiger partial charge on any atom is 0.337 e. The van der Waals surface area contributed by atoms with Crippen molar-refractivity contribution in [3.63, 3.8) is 0 Å². The predicted molar refractivity (Wildman–Crippen MR) is 126 cm³/mol. The van der Waals surface area contributed by atoms with Gasteiger partial charge in [-0.1, -0.05) is 43.7 Å². The summed E-state index contributed by atoms with van der Waals surface area (Å²) in [5.41, 5.74) is 1.64. The first-order valence-electron chi connectivity index (χ1n) is 11.3. The summed E-state index contributed by atoms with van der Waals surface area (Å²) in [5.74, 6) is -0.0488. The van der Waals surface area contributed by atoms with Crippen LogP contribution in [0.2, 0.25) is 0 Å². The fraction of sp³-hybridized carbons (Fsp3) is 0.385. The molecule has 0 spiro atoms. The third kappa shape index (κ3) is 6.51. The molecule has 174 valence electrons. The van der Waals surface area contributed by atoms with E-state index in [9.17, 15) is 14.4 Å². The minimum Gasteiger partial charge on any atom is -0.466 e. The summed E-state index contributed by atoms with van der Waals surface area (Å²) in [4.78, 5) is 41.8. The zero-order valence-corrected chi connectivity index (χ0v) is 19.2. The van der Waals surface area contributed by atoms with Crippen molar-refractivity contribution in [1.29, 1.82) is 0 Å². The van der Waals surface area contributed by atoms with Crippen LogP contribution in [0.4, 0.5) is 0 Å². The number of hydrogen-bond acceptors (Lipinski definition) is 6. The maximum absolute atomic E-state index is 13.3. The molecule has 1 heterocycles. The normalized spacial score (nSPS) is 10.8. The van der Waals surface area contributed by atoms with Gasteiger partial charge in [-0.3, -0.25) is 14.2 Å². The Morgan fingerprint density at radius 2 is 1.82 bits per heavy atom. The largest absolute Gasteiger partial charge is 0.466 e. The van der Waals surface area contributed by atoms with E-state index in [-0.39, 0.29) is 11.5 Å². The van der Waals surface area contributed by atoms with E-state index in [1.807, 2.05) is 37.3 Å². The van der Waals surface area contributed by atoms with Crippen molar-refractivity contribution in [3.05, 3.63) is 75.8 Å². The average Bonchev–Trinajstić information content (AvgIpc) is 2.84. The molecule has 3 rings (SSSR count). The summed E-state index contributed by atoms with van der Waals surface area (Å²) in [7, 11) is 1.32. The van der Waals surface area contributed by atoms with Gasteiger partial charge in [0.25, 0.3) is 5.56 Å². The second-order valence-electron chi connectivity index (χ2n) is 7.91. The second-order valence-corrected chi connectivity index (χ2v) is 7.91. The fourth-order valence-electron chi connectivity index (χ4n) is 3.59. The molecule has 0 saturated carbocycles. The molecule has 0 unspecified atom stereocenters. The molecule has 1 aromatic heterocycles. The third-order valence-corrected chi connectivity index (χ3v) is 5.43. The number of aryl methyl sites for hydroxylation is 1. The lowest BCUT2D eigenvalue weighted by Crippen LogP contribution is -2.26. The first-order valence-corrected chi connectivity index (χ1v) is 11.3. The maximum atomic E-state index is 13.3. The van der Waals surface area contributed by atoms with Crippen molar-refractivity contribution >= 4 is 22.8 Å². The molecule has 0 radical (unpaired) electrons. The lowest BCUT2D eigenvalue weighted by Gasteiger charge is -2.14. The Morgan fingerprint density at radius 3 is 2.55 bits per heavy atom. The number of aromatic nitrogens is 2. The Morgan fingerprint density at radius 1 is 1.03 bits per heavy atom. The lowest BCUT2D eigenvalue weighted by molar-refractivity contribution is -0.143. The Kier molecular flexibility index (Phi) is 8.75. The smallest absolute Gasteiger partial charge is 0.337 e. The number of rotatable bonds is 11. The summed E-state index contributed by atoms with van der Waals surface area (Å²) < 4.78 is 11.7. The van der Waals surface area contributed by atoms with Gasteiger partial charge in [0.1, 0.15) is 5.82 Å². The van der Waals surface area contributed by atoms with Crippen molar-refractivity contribution < 1.29 is 19.1 Å². The molecule has 7 heteroatoms. The van der Waals surface area contributed by atoms with Gasteiger partial charge in [-0.15, -0.1) is 0 Å². The number of benzene rings is 2. The van der Waals surface area contributed by atoms with E-state index < -0.39 is 5.97 Å². The molecule has 0 atom stereocenters. The van der Waals surface area contributed by atoms with Gasteiger partial charge in [0.15, 0.2) is 0 Å². The second kappa shape index (κ2) is 11.9. The summed E-state index contributed by atoms with van der Waals surface area (Å²) in [6.45, 7) is 2.91. The molecule has 7 nitrogen and oxygen atoms in total. The third-order valence-electron chi connectivity index (χ3n) is 5.43. The minimum absolute atomic E-state index is 0.158. The van der Waals surface area contributed by atoms with Gasteiger partial charge in [0, 0.05) is 12.8 Å². The van der Waals surface area contributed by atoms with Gasteiger partial charge >= 0.3 is 11.9 Å². The van der Waals surface area contributed by atoms with E-state index in [4.69, 9.17) is 14.5 Å². The van der Waals surface area contributed by atoms with Crippen LogP contribution in [-0.2, 0) is 27.2 Å². The number of nitrogens with zero attached hydrogens (tertiary/aromatic N) is 2. The van der Waals surface area contributed by atoms with Crippen LogP contribution in [0.25, 0.3) is 10.9 Å². The quantitative estimate of drug-likeness (QED) is 0.320. The molecule has 0 aliphatic carbocycles. The molecule has 0 saturated heterocycles. The summed E-state index contributed by atoms with van der Waals surface area (Å²) in [5, 5.41) is 0.446. The van der Waals surface area contributed by atoms with Crippen molar-refractivity contribution in [1.82, 2.24) is 9.55 Å². The lowest BCUT2D eigenvalue weighted by atomic mass is 10.1. The highest BCUT2D eigenvalue weighted by atomic mass is 16.5. The molecule has 0 N–H and O–H groups in total. The molecule has 33 heavy (non-hydrogen) atoms. The SMILES string of the molecule is CCCCOC(=O)CCCCc1nc2cc(C(=O)OC)ccc2c(=O)n1Cc1ccccc1. The number of unbranched alkanes of at least 4 members (excludes halogenated alkanes) is 2. The highest BCUT2D eigenvalue weighted by Gasteiger charge is 2.14. The van der Waals surface area contributed by atoms with Crippen LogP contribution < -0.4 is 5.56 Å². The number of carbonyl (C=O) groups is 2. The van der Waals surface area contributed by atoms with Crippen molar-refractivity contribution in [2.45, 2.75) is 52.0 Å². The van der Waals surface area contributed by atoms with Crippen molar-refractivity contribution in [3.8, 4) is 0 Å². The number of esters is 2. The molecule has 0 fully saturated rings. The molecule has 2 aromatic carbocycles. The summed E-state index contributed by atoms with van der Waals surface area (Å²) in [6, 6.07) is 14.5. The summed E-state index contributed by atoms with van der Waals surface area (Å²) >= 11 is 0. The number of ether oxygens (including phenoxy) is 2. The Hall–Kier alpha value is -3.48. The number of carbonyl (C=O) groups excluding carboxylic acids is 2. The Labute approximate surface area is 193 Å². The Balaban J connectivity index is 1.84. The molecule has 0 bridgehead atoms. The first-order chi connectivity index (χ1) is 16.0. The van der Waals surface area contributed by atoms with Crippen LogP contribution in [0.15, 0.2) is 53.3 Å². The van der Waals surface area contributed by atoms with E-state index in [1.165, 1.54) is 7.11 Å². The van der Waals surface area contributed by atoms with Crippen LogP contribution in [0.1, 0.15) is 60.8 Å². The predicted octanol–water partition coefficient (Wildman–Crippen LogP) is 4.29. The number of methoxy groups -OCH3 is 1. The van der Waals surface area contributed by atoms with Crippen LogP contribution >= 0.6 is 0 Å².